The summed E-state index contributed by atoms with van der Waals surface area (Å²) in [5.41, 5.74) is 0.500. The molecule has 5 nitrogen and oxygen atoms in total. The van der Waals surface area contributed by atoms with Crippen LogP contribution in [0.15, 0.2) is 38.5 Å². The molecule has 88 valence electrons. The van der Waals surface area contributed by atoms with Gasteiger partial charge in [-0.15, -0.1) is 12.6 Å². The second-order valence-corrected chi connectivity index (χ2v) is 4.59. The number of halogens is 1. The summed E-state index contributed by atoms with van der Waals surface area (Å²) in [6.07, 6.45) is 1.21. The maximum absolute atomic E-state index is 11.8. The first-order valence-corrected chi connectivity index (χ1v) is 5.93. The van der Waals surface area contributed by atoms with Gasteiger partial charge in [0.05, 0.1) is 12.1 Å². The summed E-state index contributed by atoms with van der Waals surface area (Å²) in [4.78, 5) is 16.2. The third-order valence-electron chi connectivity index (χ3n) is 2.02. The van der Waals surface area contributed by atoms with Crippen LogP contribution < -0.4 is 5.32 Å². The van der Waals surface area contributed by atoms with Crippen molar-refractivity contribution in [3.05, 3.63) is 40.5 Å². The van der Waals surface area contributed by atoms with E-state index in [1.165, 1.54) is 6.39 Å². The van der Waals surface area contributed by atoms with Crippen LogP contribution >= 0.6 is 28.6 Å². The second-order valence-electron chi connectivity index (χ2n) is 3.19. The summed E-state index contributed by atoms with van der Waals surface area (Å²) in [7, 11) is 0. The predicted molar refractivity (Wildman–Crippen MR) is 66.9 cm³/mol. The van der Waals surface area contributed by atoms with Crippen molar-refractivity contribution in [2.45, 2.75) is 11.4 Å². The quantitative estimate of drug-likeness (QED) is 0.851. The van der Waals surface area contributed by atoms with Crippen molar-refractivity contribution in [1.82, 2.24) is 15.5 Å². The summed E-state index contributed by atoms with van der Waals surface area (Å²) >= 11 is 7.54. The minimum atomic E-state index is -0.229. The Hall–Kier alpha value is -1.34. The molecule has 0 radical (unpaired) electrons. The van der Waals surface area contributed by atoms with Gasteiger partial charge in [0.1, 0.15) is 0 Å². The zero-order valence-electron chi connectivity index (χ0n) is 8.55. The van der Waals surface area contributed by atoms with Gasteiger partial charge in [0.15, 0.2) is 5.82 Å². The summed E-state index contributed by atoms with van der Waals surface area (Å²) < 4.78 is 5.43. The largest absolute Gasteiger partial charge is 0.345 e. The summed E-state index contributed by atoms with van der Waals surface area (Å²) in [6, 6.07) is 5.23. The Bertz CT molecular complexity index is 530. The third-order valence-corrected chi connectivity index (χ3v) is 2.88. The molecule has 0 fully saturated rings. The minimum Gasteiger partial charge on any atom is -0.345 e. The van der Waals surface area contributed by atoms with Crippen molar-refractivity contribution in [1.29, 1.82) is 0 Å². The second kappa shape index (κ2) is 5.33. The first kappa shape index (κ1) is 12.1. The fraction of sp³-hybridized carbons (Fsp3) is 0.100. The highest BCUT2D eigenvalue weighted by Crippen LogP contribution is 2.19. The molecule has 0 aliphatic heterocycles. The van der Waals surface area contributed by atoms with E-state index in [1.807, 2.05) is 0 Å². The van der Waals surface area contributed by atoms with Crippen LogP contribution in [-0.4, -0.2) is 16.0 Å². The van der Waals surface area contributed by atoms with Crippen molar-refractivity contribution in [3.8, 4) is 0 Å². The van der Waals surface area contributed by atoms with Gasteiger partial charge in [0.25, 0.3) is 5.91 Å². The molecule has 0 atom stereocenters. The predicted octanol–water partition coefficient (Wildman–Crippen LogP) is 2.05. The van der Waals surface area contributed by atoms with Crippen LogP contribution in [0.2, 0.25) is 0 Å². The Morgan fingerprint density at radius 2 is 2.35 bits per heavy atom. The van der Waals surface area contributed by atoms with Crippen LogP contribution in [0.3, 0.4) is 0 Å². The first-order valence-electron chi connectivity index (χ1n) is 4.69. The Labute approximate surface area is 111 Å². The molecular formula is C10H8BrN3O2S. The third kappa shape index (κ3) is 3.07. The number of amides is 1. The number of carbonyl (C=O) groups excluding carboxylic acids is 1. The number of hydrogen-bond acceptors (Lipinski definition) is 5. The lowest BCUT2D eigenvalue weighted by Gasteiger charge is -2.05. The van der Waals surface area contributed by atoms with E-state index < -0.39 is 0 Å². The van der Waals surface area contributed by atoms with Crippen LogP contribution in [0.25, 0.3) is 0 Å². The van der Waals surface area contributed by atoms with E-state index in [0.29, 0.717) is 16.3 Å². The Morgan fingerprint density at radius 1 is 1.53 bits per heavy atom. The van der Waals surface area contributed by atoms with Crippen molar-refractivity contribution in [3.63, 3.8) is 0 Å². The van der Waals surface area contributed by atoms with Gasteiger partial charge in [-0.05, 0) is 18.2 Å². The monoisotopic (exact) mass is 313 g/mol. The standard InChI is InChI=1S/C10H8BrN3O2S/c11-6-1-2-7(8(17)3-6)10(15)12-4-9-13-5-16-14-9/h1-3,5,17H,4H2,(H,12,15). The smallest absolute Gasteiger partial charge is 0.252 e. The molecule has 0 spiro atoms. The maximum Gasteiger partial charge on any atom is 0.252 e. The number of carbonyl (C=O) groups is 1. The molecule has 2 rings (SSSR count). The summed E-state index contributed by atoms with van der Waals surface area (Å²) in [6.45, 7) is 0.221. The maximum atomic E-state index is 11.8. The van der Waals surface area contributed by atoms with Crippen molar-refractivity contribution in [2.24, 2.45) is 0 Å². The van der Waals surface area contributed by atoms with Gasteiger partial charge in [-0.2, -0.15) is 4.98 Å². The molecule has 0 bridgehead atoms. The number of nitrogens with one attached hydrogen (secondary N) is 1. The van der Waals surface area contributed by atoms with E-state index in [2.05, 4.69) is 48.5 Å². The lowest BCUT2D eigenvalue weighted by Crippen LogP contribution is -2.23. The van der Waals surface area contributed by atoms with Crippen LogP contribution in [0.5, 0.6) is 0 Å². The summed E-state index contributed by atoms with van der Waals surface area (Å²) in [5.74, 6) is 0.198. The Kier molecular flexibility index (Phi) is 3.80. The highest BCUT2D eigenvalue weighted by Gasteiger charge is 2.10. The van der Waals surface area contributed by atoms with Gasteiger partial charge in [-0.3, -0.25) is 4.79 Å². The molecule has 1 N–H and O–H groups in total. The van der Waals surface area contributed by atoms with E-state index in [0.717, 1.165) is 4.47 Å². The zero-order valence-corrected chi connectivity index (χ0v) is 11.0. The molecule has 1 aromatic carbocycles. The van der Waals surface area contributed by atoms with E-state index in [-0.39, 0.29) is 12.5 Å². The number of thiol groups is 1. The highest BCUT2D eigenvalue weighted by atomic mass is 79.9. The zero-order chi connectivity index (χ0) is 12.3. The molecule has 0 aliphatic rings. The molecule has 17 heavy (non-hydrogen) atoms. The number of aromatic nitrogens is 2. The molecule has 1 heterocycles. The topological polar surface area (TPSA) is 68.0 Å². The van der Waals surface area contributed by atoms with Crippen molar-refractivity contribution < 1.29 is 9.32 Å². The molecule has 0 saturated heterocycles. The van der Waals surface area contributed by atoms with Crippen molar-refractivity contribution in [2.75, 3.05) is 0 Å². The van der Waals surface area contributed by atoms with Gasteiger partial charge in [-0.1, -0.05) is 21.1 Å². The van der Waals surface area contributed by atoms with Gasteiger partial charge < -0.3 is 9.84 Å². The van der Waals surface area contributed by atoms with Gasteiger partial charge >= 0.3 is 0 Å². The van der Waals surface area contributed by atoms with E-state index in [9.17, 15) is 4.79 Å². The molecular weight excluding hydrogens is 306 g/mol. The minimum absolute atomic E-state index is 0.221. The van der Waals surface area contributed by atoms with Crippen LogP contribution in [0.4, 0.5) is 0 Å². The average Bonchev–Trinajstić information content (AvgIpc) is 2.78. The number of hydrogen-bond donors (Lipinski definition) is 2. The van der Waals surface area contributed by atoms with Gasteiger partial charge in [0, 0.05) is 9.37 Å². The van der Waals surface area contributed by atoms with E-state index in [4.69, 9.17) is 0 Å². The fourth-order valence-electron chi connectivity index (χ4n) is 1.22. The molecule has 0 aliphatic carbocycles. The molecule has 1 aromatic heterocycles. The number of benzene rings is 1. The average molecular weight is 314 g/mol. The number of rotatable bonds is 3. The SMILES string of the molecule is O=C(NCc1ncon1)c1ccc(Br)cc1S. The normalized spacial score (nSPS) is 10.2. The molecule has 0 saturated carbocycles. The summed E-state index contributed by atoms with van der Waals surface area (Å²) in [5, 5.41) is 6.26. The van der Waals surface area contributed by atoms with E-state index >= 15 is 0 Å². The molecule has 7 heteroatoms. The highest BCUT2D eigenvalue weighted by molar-refractivity contribution is 9.10. The van der Waals surface area contributed by atoms with Crippen LogP contribution in [0.1, 0.15) is 16.2 Å². The molecule has 2 aromatic rings. The van der Waals surface area contributed by atoms with Crippen LogP contribution in [-0.2, 0) is 6.54 Å². The molecule has 1 amide bonds. The first-order chi connectivity index (χ1) is 8.16. The lowest BCUT2D eigenvalue weighted by atomic mass is 10.2. The fourth-order valence-corrected chi connectivity index (χ4v) is 2.07. The van der Waals surface area contributed by atoms with Gasteiger partial charge in [-0.25, -0.2) is 0 Å². The molecule has 0 unspecified atom stereocenters. The lowest BCUT2D eigenvalue weighted by molar-refractivity contribution is 0.0946. The number of nitrogens with zero attached hydrogens (tertiary/aromatic N) is 2. The Morgan fingerprint density at radius 3 is 3.00 bits per heavy atom. The van der Waals surface area contributed by atoms with Crippen LogP contribution in [0, 0.1) is 0 Å². The van der Waals surface area contributed by atoms with E-state index in [1.54, 1.807) is 18.2 Å². The Balaban J connectivity index is 2.04. The van der Waals surface area contributed by atoms with Gasteiger partial charge in [0.2, 0.25) is 6.39 Å². The van der Waals surface area contributed by atoms with Crippen molar-refractivity contribution >= 4 is 34.5 Å².